The number of nitrogens with zero attached hydrogens (tertiary/aromatic N) is 3. The van der Waals surface area contributed by atoms with Crippen LogP contribution in [0.4, 0.5) is 5.69 Å². The predicted octanol–water partition coefficient (Wildman–Crippen LogP) is 2.76. The van der Waals surface area contributed by atoms with Crippen molar-refractivity contribution in [3.05, 3.63) is 36.3 Å². The second-order valence-corrected chi connectivity index (χ2v) is 5.49. The first kappa shape index (κ1) is 12.8. The van der Waals surface area contributed by atoms with Gasteiger partial charge in [-0.25, -0.2) is 0 Å². The summed E-state index contributed by atoms with van der Waals surface area (Å²) in [6.07, 6.45) is 7.68. The van der Waals surface area contributed by atoms with E-state index in [1.54, 1.807) is 0 Å². The molecule has 0 aromatic carbocycles. The lowest BCUT2D eigenvalue weighted by Crippen LogP contribution is -2.20. The van der Waals surface area contributed by atoms with Crippen LogP contribution in [0.1, 0.15) is 38.4 Å². The average molecular weight is 270 g/mol. The van der Waals surface area contributed by atoms with Crippen molar-refractivity contribution in [3.63, 3.8) is 0 Å². The average Bonchev–Trinajstić information content (AvgIpc) is 3.07. The Labute approximate surface area is 117 Å². The number of amides is 1. The summed E-state index contributed by atoms with van der Waals surface area (Å²) in [7, 11) is 0. The highest BCUT2D eigenvalue weighted by atomic mass is 16.1. The van der Waals surface area contributed by atoms with Crippen LogP contribution in [0.15, 0.2) is 30.5 Å². The normalized spacial score (nSPS) is 15.3. The van der Waals surface area contributed by atoms with Crippen molar-refractivity contribution in [1.82, 2.24) is 14.6 Å². The molecule has 0 bridgehead atoms. The monoisotopic (exact) mass is 270 g/mol. The fourth-order valence-electron chi connectivity index (χ4n) is 2.45. The maximum atomic E-state index is 12.1. The van der Waals surface area contributed by atoms with E-state index in [9.17, 15) is 4.79 Å². The number of rotatable bonds is 3. The molecule has 1 amide bonds. The Hall–Kier alpha value is -2.17. The third-order valence-corrected chi connectivity index (χ3v) is 3.59. The van der Waals surface area contributed by atoms with E-state index < -0.39 is 0 Å². The lowest BCUT2D eigenvalue weighted by atomic mass is 10.1. The van der Waals surface area contributed by atoms with E-state index in [4.69, 9.17) is 0 Å². The standard InChI is InChI=1S/C15H18N4O/c1-10(2)14-18-17-13-8-7-12(9-19(13)14)16-15(20)11-5-3-4-6-11/h3-4,7-11H,5-6H2,1-2H3,(H,16,20). The number of carbonyl (C=O) groups is 1. The van der Waals surface area contributed by atoms with Crippen LogP contribution in [-0.2, 0) is 4.79 Å². The maximum absolute atomic E-state index is 12.1. The molecular formula is C15H18N4O. The van der Waals surface area contributed by atoms with Gasteiger partial charge in [0, 0.05) is 18.0 Å². The van der Waals surface area contributed by atoms with Crippen LogP contribution in [0.2, 0.25) is 0 Å². The highest BCUT2D eigenvalue weighted by Crippen LogP contribution is 2.21. The quantitative estimate of drug-likeness (QED) is 0.872. The summed E-state index contributed by atoms with van der Waals surface area (Å²) in [5.74, 6) is 1.33. The molecular weight excluding hydrogens is 252 g/mol. The summed E-state index contributed by atoms with van der Waals surface area (Å²) < 4.78 is 1.94. The molecule has 2 aromatic heterocycles. The van der Waals surface area contributed by atoms with Gasteiger partial charge in [-0.05, 0) is 25.0 Å². The zero-order chi connectivity index (χ0) is 14.1. The molecule has 1 N–H and O–H groups in total. The molecule has 0 spiro atoms. The molecule has 0 saturated heterocycles. The summed E-state index contributed by atoms with van der Waals surface area (Å²) in [6.45, 7) is 4.15. The zero-order valence-corrected chi connectivity index (χ0v) is 11.7. The fourth-order valence-corrected chi connectivity index (χ4v) is 2.45. The van der Waals surface area contributed by atoms with Crippen molar-refractivity contribution < 1.29 is 4.79 Å². The van der Waals surface area contributed by atoms with E-state index in [1.807, 2.05) is 22.7 Å². The second-order valence-electron chi connectivity index (χ2n) is 5.49. The van der Waals surface area contributed by atoms with Crippen LogP contribution < -0.4 is 5.32 Å². The number of aromatic nitrogens is 3. The van der Waals surface area contributed by atoms with E-state index in [1.165, 1.54) is 0 Å². The highest BCUT2D eigenvalue weighted by molar-refractivity contribution is 5.93. The first-order valence-electron chi connectivity index (χ1n) is 6.95. The minimum absolute atomic E-state index is 0.0659. The smallest absolute Gasteiger partial charge is 0.228 e. The van der Waals surface area contributed by atoms with Crippen molar-refractivity contribution in [1.29, 1.82) is 0 Å². The number of nitrogens with one attached hydrogen (secondary N) is 1. The van der Waals surface area contributed by atoms with Crippen LogP contribution in [-0.4, -0.2) is 20.5 Å². The number of anilines is 1. The number of hydrogen-bond donors (Lipinski definition) is 1. The zero-order valence-electron chi connectivity index (χ0n) is 11.7. The summed E-state index contributed by atoms with van der Waals surface area (Å²) >= 11 is 0. The van der Waals surface area contributed by atoms with Gasteiger partial charge in [0.1, 0.15) is 5.82 Å². The highest BCUT2D eigenvalue weighted by Gasteiger charge is 2.19. The van der Waals surface area contributed by atoms with Crippen LogP contribution in [0.5, 0.6) is 0 Å². The van der Waals surface area contributed by atoms with Gasteiger partial charge in [-0.15, -0.1) is 10.2 Å². The molecule has 5 nitrogen and oxygen atoms in total. The Kier molecular flexibility index (Phi) is 3.26. The molecule has 0 atom stereocenters. The Morgan fingerprint density at radius 1 is 1.30 bits per heavy atom. The van der Waals surface area contributed by atoms with Gasteiger partial charge in [0.25, 0.3) is 0 Å². The fraction of sp³-hybridized carbons (Fsp3) is 0.400. The molecule has 0 aliphatic heterocycles. The molecule has 0 unspecified atom stereocenters. The third-order valence-electron chi connectivity index (χ3n) is 3.59. The molecule has 104 valence electrons. The molecule has 0 saturated carbocycles. The van der Waals surface area contributed by atoms with Gasteiger partial charge in [0.15, 0.2) is 5.65 Å². The Bertz CT molecular complexity index is 664. The molecule has 1 aliphatic rings. The number of pyridine rings is 1. The van der Waals surface area contributed by atoms with Gasteiger partial charge < -0.3 is 5.32 Å². The van der Waals surface area contributed by atoms with E-state index in [2.05, 4.69) is 41.5 Å². The van der Waals surface area contributed by atoms with Crippen molar-refractivity contribution in [2.24, 2.45) is 5.92 Å². The van der Waals surface area contributed by atoms with Gasteiger partial charge in [-0.3, -0.25) is 9.20 Å². The first-order chi connectivity index (χ1) is 9.65. The van der Waals surface area contributed by atoms with Crippen molar-refractivity contribution in [3.8, 4) is 0 Å². The molecule has 2 aromatic rings. The minimum atomic E-state index is 0.0659. The number of carbonyl (C=O) groups excluding carboxylic acids is 1. The molecule has 1 aliphatic carbocycles. The Morgan fingerprint density at radius 2 is 2.05 bits per heavy atom. The van der Waals surface area contributed by atoms with E-state index >= 15 is 0 Å². The largest absolute Gasteiger partial charge is 0.325 e. The van der Waals surface area contributed by atoms with Gasteiger partial charge in [0.05, 0.1) is 5.69 Å². The summed E-state index contributed by atoms with van der Waals surface area (Å²) in [5.41, 5.74) is 1.59. The Balaban J connectivity index is 1.84. The molecule has 3 rings (SSSR count). The summed E-state index contributed by atoms with van der Waals surface area (Å²) in [4.78, 5) is 12.1. The summed E-state index contributed by atoms with van der Waals surface area (Å²) in [5, 5.41) is 11.3. The van der Waals surface area contributed by atoms with Gasteiger partial charge in [-0.2, -0.15) is 0 Å². The van der Waals surface area contributed by atoms with Gasteiger partial charge >= 0.3 is 0 Å². The lowest BCUT2D eigenvalue weighted by Gasteiger charge is -2.11. The van der Waals surface area contributed by atoms with Crippen molar-refractivity contribution >= 4 is 17.2 Å². The first-order valence-corrected chi connectivity index (χ1v) is 6.95. The van der Waals surface area contributed by atoms with Crippen LogP contribution in [0.25, 0.3) is 5.65 Å². The van der Waals surface area contributed by atoms with Crippen molar-refractivity contribution in [2.45, 2.75) is 32.6 Å². The molecule has 0 fully saturated rings. The molecule has 5 heteroatoms. The Morgan fingerprint density at radius 3 is 2.75 bits per heavy atom. The van der Waals surface area contributed by atoms with Crippen LogP contribution >= 0.6 is 0 Å². The second kappa shape index (κ2) is 5.07. The van der Waals surface area contributed by atoms with E-state index in [0.717, 1.165) is 30.0 Å². The number of allylic oxidation sites excluding steroid dienone is 2. The number of fused-ring (bicyclic) bond motifs is 1. The SMILES string of the molecule is CC(C)c1nnc2ccc(NC(=O)C3CC=CC3)cn12. The van der Waals surface area contributed by atoms with Crippen LogP contribution in [0.3, 0.4) is 0 Å². The number of hydrogen-bond acceptors (Lipinski definition) is 3. The molecule has 0 radical (unpaired) electrons. The molecule has 2 heterocycles. The maximum Gasteiger partial charge on any atom is 0.228 e. The lowest BCUT2D eigenvalue weighted by molar-refractivity contribution is -0.119. The van der Waals surface area contributed by atoms with Crippen LogP contribution in [0, 0.1) is 5.92 Å². The predicted molar refractivity (Wildman–Crippen MR) is 77.6 cm³/mol. The van der Waals surface area contributed by atoms with Gasteiger partial charge in [0.2, 0.25) is 5.91 Å². The molecule has 20 heavy (non-hydrogen) atoms. The summed E-state index contributed by atoms with van der Waals surface area (Å²) in [6, 6.07) is 3.75. The topological polar surface area (TPSA) is 59.3 Å². The van der Waals surface area contributed by atoms with Gasteiger partial charge in [-0.1, -0.05) is 26.0 Å². The van der Waals surface area contributed by atoms with Crippen molar-refractivity contribution in [2.75, 3.05) is 5.32 Å². The van der Waals surface area contributed by atoms with E-state index in [-0.39, 0.29) is 17.7 Å². The van der Waals surface area contributed by atoms with E-state index in [0.29, 0.717) is 0 Å². The minimum Gasteiger partial charge on any atom is -0.325 e. The third kappa shape index (κ3) is 2.31.